The summed E-state index contributed by atoms with van der Waals surface area (Å²) in [4.78, 5) is 33.8. The van der Waals surface area contributed by atoms with Gasteiger partial charge in [-0.2, -0.15) is 0 Å². The molecule has 1 N–H and O–H groups in total. The molecule has 8 nitrogen and oxygen atoms in total. The van der Waals surface area contributed by atoms with E-state index in [9.17, 15) is 19.7 Å². The van der Waals surface area contributed by atoms with Crippen LogP contribution in [0.5, 0.6) is 0 Å². The third-order valence-corrected chi connectivity index (χ3v) is 3.32. The number of carbonyl (C=O) groups is 2. The maximum Gasteiger partial charge on any atom is 0.325 e. The SMILES string of the molecule is Cc1ccc(C)n1N(CC(=O)O)C(=O)c1ccc([N+](=O)[O-])cc1. The number of rotatable bonds is 5. The Morgan fingerprint density at radius 2 is 1.65 bits per heavy atom. The van der Waals surface area contributed by atoms with E-state index < -0.39 is 23.3 Å². The maximum atomic E-state index is 12.6. The van der Waals surface area contributed by atoms with E-state index in [-0.39, 0.29) is 11.3 Å². The zero-order chi connectivity index (χ0) is 17.1. The number of hydrogen-bond acceptors (Lipinski definition) is 4. The van der Waals surface area contributed by atoms with Crippen molar-refractivity contribution in [3.63, 3.8) is 0 Å². The minimum Gasteiger partial charge on any atom is -0.480 e. The monoisotopic (exact) mass is 317 g/mol. The largest absolute Gasteiger partial charge is 0.480 e. The number of non-ortho nitro benzene ring substituents is 1. The van der Waals surface area contributed by atoms with Crippen molar-refractivity contribution in [2.75, 3.05) is 11.6 Å². The van der Waals surface area contributed by atoms with Crippen molar-refractivity contribution in [1.82, 2.24) is 4.68 Å². The Kier molecular flexibility index (Phi) is 4.44. The zero-order valence-electron chi connectivity index (χ0n) is 12.6. The number of hydrogen-bond donors (Lipinski definition) is 1. The maximum absolute atomic E-state index is 12.6. The molecule has 0 bridgehead atoms. The second kappa shape index (κ2) is 6.30. The van der Waals surface area contributed by atoms with Gasteiger partial charge in [-0.1, -0.05) is 0 Å². The summed E-state index contributed by atoms with van der Waals surface area (Å²) >= 11 is 0. The van der Waals surface area contributed by atoms with E-state index in [1.54, 1.807) is 26.0 Å². The van der Waals surface area contributed by atoms with Crippen LogP contribution in [-0.2, 0) is 4.79 Å². The highest BCUT2D eigenvalue weighted by Crippen LogP contribution is 2.15. The van der Waals surface area contributed by atoms with Crippen LogP contribution in [0.3, 0.4) is 0 Å². The first-order chi connectivity index (χ1) is 10.8. The van der Waals surface area contributed by atoms with Gasteiger partial charge in [0.05, 0.1) is 4.92 Å². The Hall–Kier alpha value is -3.16. The molecule has 0 aliphatic rings. The lowest BCUT2D eigenvalue weighted by Crippen LogP contribution is -2.45. The van der Waals surface area contributed by atoms with Crippen LogP contribution in [0, 0.1) is 24.0 Å². The number of benzene rings is 1. The molecule has 8 heteroatoms. The van der Waals surface area contributed by atoms with E-state index in [4.69, 9.17) is 5.11 Å². The predicted octanol–water partition coefficient (Wildman–Crippen LogP) is 1.88. The fraction of sp³-hybridized carbons (Fsp3) is 0.200. The van der Waals surface area contributed by atoms with E-state index in [0.29, 0.717) is 11.4 Å². The van der Waals surface area contributed by atoms with Crippen LogP contribution in [0.4, 0.5) is 5.69 Å². The first kappa shape index (κ1) is 16.2. The molecule has 120 valence electrons. The summed E-state index contributed by atoms with van der Waals surface area (Å²) in [6.45, 7) is 2.99. The van der Waals surface area contributed by atoms with Crippen molar-refractivity contribution in [1.29, 1.82) is 0 Å². The fourth-order valence-corrected chi connectivity index (χ4v) is 2.28. The van der Waals surface area contributed by atoms with Crippen LogP contribution in [0.1, 0.15) is 21.7 Å². The number of carbonyl (C=O) groups excluding carboxylic acids is 1. The first-order valence-corrected chi connectivity index (χ1v) is 6.74. The standard InChI is InChI=1S/C15H15N3O5/c1-10-3-4-11(2)17(10)16(9-14(19)20)15(21)12-5-7-13(8-6-12)18(22)23/h3-8H,9H2,1-2H3,(H,19,20). The average Bonchev–Trinajstić information content (AvgIpc) is 2.83. The predicted molar refractivity (Wildman–Crippen MR) is 82.1 cm³/mol. The molecular formula is C15H15N3O5. The Balaban J connectivity index is 2.41. The van der Waals surface area contributed by atoms with Crippen LogP contribution >= 0.6 is 0 Å². The second-order valence-corrected chi connectivity index (χ2v) is 4.99. The summed E-state index contributed by atoms with van der Waals surface area (Å²) in [7, 11) is 0. The number of nitrogens with zero attached hydrogens (tertiary/aromatic N) is 3. The van der Waals surface area contributed by atoms with Gasteiger partial charge in [0.1, 0.15) is 6.54 Å². The lowest BCUT2D eigenvalue weighted by Gasteiger charge is -2.25. The summed E-state index contributed by atoms with van der Waals surface area (Å²) < 4.78 is 1.51. The molecule has 0 fully saturated rings. The van der Waals surface area contributed by atoms with Gasteiger partial charge >= 0.3 is 5.97 Å². The van der Waals surface area contributed by atoms with E-state index in [0.717, 1.165) is 5.01 Å². The van der Waals surface area contributed by atoms with Crippen LogP contribution in [0.2, 0.25) is 0 Å². The van der Waals surface area contributed by atoms with E-state index >= 15 is 0 Å². The van der Waals surface area contributed by atoms with Gasteiger partial charge in [-0.05, 0) is 38.1 Å². The van der Waals surface area contributed by atoms with Gasteiger partial charge in [0.2, 0.25) is 0 Å². The van der Waals surface area contributed by atoms with Gasteiger partial charge in [0.25, 0.3) is 11.6 Å². The number of nitro groups is 1. The number of carboxylic acids is 1. The minimum absolute atomic E-state index is 0.139. The molecule has 0 spiro atoms. The highest BCUT2D eigenvalue weighted by atomic mass is 16.6. The molecule has 0 saturated heterocycles. The third-order valence-electron chi connectivity index (χ3n) is 3.32. The molecule has 0 atom stereocenters. The lowest BCUT2D eigenvalue weighted by molar-refractivity contribution is -0.384. The number of carboxylic acid groups (broad SMARTS) is 1. The zero-order valence-corrected chi connectivity index (χ0v) is 12.6. The Morgan fingerprint density at radius 3 is 2.09 bits per heavy atom. The number of aliphatic carboxylic acids is 1. The molecule has 1 aromatic carbocycles. The summed E-state index contributed by atoms with van der Waals surface area (Å²) in [6.07, 6.45) is 0. The highest BCUT2D eigenvalue weighted by Gasteiger charge is 2.23. The molecule has 1 heterocycles. The van der Waals surface area contributed by atoms with Crippen molar-refractivity contribution in [2.24, 2.45) is 0 Å². The number of amides is 1. The van der Waals surface area contributed by atoms with Crippen molar-refractivity contribution in [3.05, 3.63) is 63.5 Å². The molecule has 1 aromatic heterocycles. The topological polar surface area (TPSA) is 106 Å². The van der Waals surface area contributed by atoms with E-state index in [1.807, 2.05) is 0 Å². The first-order valence-electron chi connectivity index (χ1n) is 6.74. The smallest absolute Gasteiger partial charge is 0.325 e. The molecule has 1 amide bonds. The van der Waals surface area contributed by atoms with Gasteiger partial charge in [0.15, 0.2) is 0 Å². The van der Waals surface area contributed by atoms with Gasteiger partial charge in [-0.3, -0.25) is 24.4 Å². The second-order valence-electron chi connectivity index (χ2n) is 4.99. The number of aromatic nitrogens is 1. The quantitative estimate of drug-likeness (QED) is 0.669. The highest BCUT2D eigenvalue weighted by molar-refractivity contribution is 6.03. The molecule has 0 aliphatic carbocycles. The van der Waals surface area contributed by atoms with Crippen molar-refractivity contribution >= 4 is 17.6 Å². The molecule has 0 aliphatic heterocycles. The van der Waals surface area contributed by atoms with E-state index in [1.165, 1.54) is 28.9 Å². The van der Waals surface area contributed by atoms with Crippen LogP contribution in [0.15, 0.2) is 36.4 Å². The van der Waals surface area contributed by atoms with Gasteiger partial charge in [0, 0.05) is 29.1 Å². The minimum atomic E-state index is -1.16. The Bertz CT molecular complexity index is 744. The lowest BCUT2D eigenvalue weighted by atomic mass is 10.2. The number of nitro benzene ring substituents is 1. The molecule has 0 radical (unpaired) electrons. The normalized spacial score (nSPS) is 10.3. The molecule has 2 rings (SSSR count). The van der Waals surface area contributed by atoms with E-state index in [2.05, 4.69) is 0 Å². The van der Waals surface area contributed by atoms with Gasteiger partial charge < -0.3 is 5.11 Å². The van der Waals surface area contributed by atoms with Crippen molar-refractivity contribution in [2.45, 2.75) is 13.8 Å². The van der Waals surface area contributed by atoms with Crippen molar-refractivity contribution in [3.8, 4) is 0 Å². The van der Waals surface area contributed by atoms with Crippen LogP contribution < -0.4 is 5.01 Å². The molecule has 0 unspecified atom stereocenters. The average molecular weight is 317 g/mol. The van der Waals surface area contributed by atoms with Crippen LogP contribution in [-0.4, -0.2) is 33.1 Å². The molecule has 23 heavy (non-hydrogen) atoms. The molecule has 2 aromatic rings. The van der Waals surface area contributed by atoms with Gasteiger partial charge in [-0.25, -0.2) is 5.01 Å². The van der Waals surface area contributed by atoms with Crippen LogP contribution in [0.25, 0.3) is 0 Å². The van der Waals surface area contributed by atoms with Crippen molar-refractivity contribution < 1.29 is 19.6 Å². The Labute approximate surface area is 131 Å². The summed E-state index contributed by atoms with van der Waals surface area (Å²) in [5, 5.41) is 20.8. The molecule has 0 saturated carbocycles. The fourth-order valence-electron chi connectivity index (χ4n) is 2.28. The summed E-state index contributed by atoms with van der Waals surface area (Å²) in [5.74, 6) is -1.71. The Morgan fingerprint density at radius 1 is 1.13 bits per heavy atom. The van der Waals surface area contributed by atoms with Gasteiger partial charge in [-0.15, -0.1) is 0 Å². The molecular weight excluding hydrogens is 302 g/mol. The summed E-state index contributed by atoms with van der Waals surface area (Å²) in [6, 6.07) is 8.58. The number of aryl methyl sites for hydroxylation is 2. The summed E-state index contributed by atoms with van der Waals surface area (Å²) in [5.41, 5.74) is 1.45. The third kappa shape index (κ3) is 3.37.